The summed E-state index contributed by atoms with van der Waals surface area (Å²) in [4.78, 5) is 2.43. The van der Waals surface area contributed by atoms with E-state index in [9.17, 15) is 0 Å². The van der Waals surface area contributed by atoms with Gasteiger partial charge >= 0.3 is 0 Å². The Morgan fingerprint density at radius 1 is 0.349 bits per heavy atom. The van der Waals surface area contributed by atoms with Crippen molar-refractivity contribution in [3.8, 4) is 55.6 Å². The average molecular weight is 806 g/mol. The van der Waals surface area contributed by atoms with E-state index < -0.39 is 0 Å². The molecule has 1 aliphatic carbocycles. The molecule has 0 amide bonds. The van der Waals surface area contributed by atoms with E-state index in [1.807, 2.05) is 0 Å². The summed E-state index contributed by atoms with van der Waals surface area (Å²) in [7, 11) is 0. The van der Waals surface area contributed by atoms with Crippen LogP contribution < -0.4 is 4.90 Å². The molecule has 0 N–H and O–H groups in total. The smallest absolute Gasteiger partial charge is 0.143 e. The third-order valence-corrected chi connectivity index (χ3v) is 13.3. The van der Waals surface area contributed by atoms with Crippen LogP contribution in [0.1, 0.15) is 25.0 Å². The standard InChI is InChI=1S/C61H43NO/c1-61(2)56-26-13-11-22-49(56)50-35-33-47(39-57(50)61)62(46-31-28-40(29-32-46)45-30-34-48(41-16-5-3-6-17-41)54(36-45)42-18-7-4-8-19-42)58-27-14-12-23-51(58)52-24-15-25-53-55-37-43-20-9-10-21-44(43)38-59(55)63-60(52)53/h3-39H,1-2H3. The van der Waals surface area contributed by atoms with Crippen LogP contribution in [0.3, 0.4) is 0 Å². The number of para-hydroxylation sites is 2. The van der Waals surface area contributed by atoms with E-state index in [-0.39, 0.29) is 5.41 Å². The molecule has 10 aromatic carbocycles. The lowest BCUT2D eigenvalue weighted by atomic mass is 9.82. The molecule has 0 spiro atoms. The quantitative estimate of drug-likeness (QED) is 0.160. The van der Waals surface area contributed by atoms with Crippen LogP contribution in [0, 0.1) is 0 Å². The first-order valence-corrected chi connectivity index (χ1v) is 21.8. The predicted octanol–water partition coefficient (Wildman–Crippen LogP) is 17.2. The van der Waals surface area contributed by atoms with Gasteiger partial charge in [0.2, 0.25) is 0 Å². The van der Waals surface area contributed by atoms with Crippen molar-refractivity contribution in [3.05, 3.63) is 236 Å². The molecule has 0 bridgehead atoms. The first kappa shape index (κ1) is 36.9. The molecule has 2 nitrogen and oxygen atoms in total. The number of hydrogen-bond donors (Lipinski definition) is 0. The lowest BCUT2D eigenvalue weighted by Gasteiger charge is -2.30. The highest BCUT2D eigenvalue weighted by Crippen LogP contribution is 2.52. The molecule has 298 valence electrons. The fraction of sp³-hybridized carbons (Fsp3) is 0.0492. The molecule has 12 rings (SSSR count). The Morgan fingerprint density at radius 3 is 1.71 bits per heavy atom. The number of fused-ring (bicyclic) bond motifs is 7. The Hall–Kier alpha value is -7.94. The number of anilines is 3. The number of benzene rings is 10. The first-order chi connectivity index (χ1) is 31.0. The Labute approximate surface area is 368 Å². The van der Waals surface area contributed by atoms with Crippen molar-refractivity contribution in [2.24, 2.45) is 0 Å². The topological polar surface area (TPSA) is 16.4 Å². The second-order valence-corrected chi connectivity index (χ2v) is 17.3. The summed E-state index contributed by atoms with van der Waals surface area (Å²) in [6.07, 6.45) is 0. The van der Waals surface area contributed by atoms with E-state index in [2.05, 4.69) is 243 Å². The zero-order valence-electron chi connectivity index (χ0n) is 35.2. The van der Waals surface area contributed by atoms with Gasteiger partial charge in [-0.1, -0.05) is 190 Å². The van der Waals surface area contributed by atoms with Crippen molar-refractivity contribution < 1.29 is 4.42 Å². The van der Waals surface area contributed by atoms with Crippen LogP contribution in [0.5, 0.6) is 0 Å². The molecule has 0 saturated carbocycles. The molecule has 0 saturated heterocycles. The molecule has 63 heavy (non-hydrogen) atoms. The van der Waals surface area contributed by atoms with Gasteiger partial charge in [-0.15, -0.1) is 0 Å². The molecule has 0 radical (unpaired) electrons. The molecule has 0 atom stereocenters. The summed E-state index contributed by atoms with van der Waals surface area (Å²) in [6, 6.07) is 81.6. The van der Waals surface area contributed by atoms with Gasteiger partial charge in [-0.05, 0) is 115 Å². The largest absolute Gasteiger partial charge is 0.455 e. The van der Waals surface area contributed by atoms with Crippen LogP contribution in [0.25, 0.3) is 88.3 Å². The first-order valence-electron chi connectivity index (χ1n) is 21.8. The van der Waals surface area contributed by atoms with Crippen molar-refractivity contribution in [1.29, 1.82) is 0 Å². The van der Waals surface area contributed by atoms with E-state index in [1.54, 1.807) is 0 Å². The lowest BCUT2D eigenvalue weighted by Crippen LogP contribution is -2.16. The molecule has 2 heteroatoms. The summed E-state index contributed by atoms with van der Waals surface area (Å²) < 4.78 is 6.84. The van der Waals surface area contributed by atoms with Gasteiger partial charge in [0, 0.05) is 38.7 Å². The second kappa shape index (κ2) is 14.6. The minimum atomic E-state index is -0.150. The van der Waals surface area contributed by atoms with Gasteiger partial charge in [0.15, 0.2) is 0 Å². The van der Waals surface area contributed by atoms with Crippen LogP contribution >= 0.6 is 0 Å². The summed E-state index contributed by atoms with van der Waals surface area (Å²) >= 11 is 0. The van der Waals surface area contributed by atoms with Crippen LogP contribution in [0.2, 0.25) is 0 Å². The zero-order valence-corrected chi connectivity index (χ0v) is 35.2. The van der Waals surface area contributed by atoms with Crippen LogP contribution in [-0.2, 0) is 5.41 Å². The molecule has 1 aliphatic rings. The molecular weight excluding hydrogens is 763 g/mol. The summed E-state index contributed by atoms with van der Waals surface area (Å²) in [5.41, 5.74) is 19.6. The maximum Gasteiger partial charge on any atom is 0.143 e. The van der Waals surface area contributed by atoms with Gasteiger partial charge in [0.25, 0.3) is 0 Å². The number of rotatable bonds is 7. The Balaban J connectivity index is 1.02. The summed E-state index contributed by atoms with van der Waals surface area (Å²) in [5.74, 6) is 0. The third-order valence-electron chi connectivity index (χ3n) is 13.3. The number of nitrogens with zero attached hydrogens (tertiary/aromatic N) is 1. The van der Waals surface area contributed by atoms with E-state index in [1.165, 1.54) is 60.8 Å². The fourth-order valence-corrected chi connectivity index (χ4v) is 10.1. The second-order valence-electron chi connectivity index (χ2n) is 17.3. The van der Waals surface area contributed by atoms with E-state index >= 15 is 0 Å². The SMILES string of the molecule is CC1(C)c2ccccc2-c2ccc(N(c3ccc(-c4ccc(-c5ccccc5)c(-c5ccccc5)c4)cc3)c3ccccc3-c3cccc4c3oc3cc5ccccc5cc34)cc21. The highest BCUT2D eigenvalue weighted by Gasteiger charge is 2.36. The van der Waals surface area contributed by atoms with Gasteiger partial charge in [0.05, 0.1) is 5.69 Å². The van der Waals surface area contributed by atoms with Gasteiger partial charge in [-0.25, -0.2) is 0 Å². The minimum Gasteiger partial charge on any atom is -0.455 e. The van der Waals surface area contributed by atoms with Crippen LogP contribution in [0.15, 0.2) is 229 Å². The molecule has 1 heterocycles. The summed E-state index contributed by atoms with van der Waals surface area (Å²) in [5, 5.41) is 4.62. The molecule has 0 aliphatic heterocycles. The van der Waals surface area contributed by atoms with Gasteiger partial charge in [-0.2, -0.15) is 0 Å². The maximum atomic E-state index is 6.84. The third kappa shape index (κ3) is 6.09. The van der Waals surface area contributed by atoms with Crippen molar-refractivity contribution in [3.63, 3.8) is 0 Å². The Morgan fingerprint density at radius 2 is 0.937 bits per heavy atom. The minimum absolute atomic E-state index is 0.150. The lowest BCUT2D eigenvalue weighted by molar-refractivity contribution is 0.660. The van der Waals surface area contributed by atoms with Gasteiger partial charge in [0.1, 0.15) is 11.2 Å². The maximum absolute atomic E-state index is 6.84. The monoisotopic (exact) mass is 805 g/mol. The van der Waals surface area contributed by atoms with Crippen molar-refractivity contribution in [2.45, 2.75) is 19.3 Å². The number of hydrogen-bond acceptors (Lipinski definition) is 2. The van der Waals surface area contributed by atoms with Gasteiger partial charge < -0.3 is 9.32 Å². The van der Waals surface area contributed by atoms with E-state index in [0.29, 0.717) is 0 Å². The van der Waals surface area contributed by atoms with Crippen molar-refractivity contribution in [2.75, 3.05) is 4.90 Å². The number of furan rings is 1. The average Bonchev–Trinajstić information content (AvgIpc) is 3.82. The summed E-state index contributed by atoms with van der Waals surface area (Å²) in [6.45, 7) is 4.71. The van der Waals surface area contributed by atoms with Crippen LogP contribution in [-0.4, -0.2) is 0 Å². The normalized spacial score (nSPS) is 12.7. The van der Waals surface area contributed by atoms with E-state index in [0.717, 1.165) is 55.7 Å². The Kier molecular flexibility index (Phi) is 8.55. The van der Waals surface area contributed by atoms with Crippen LogP contribution in [0.4, 0.5) is 17.1 Å². The van der Waals surface area contributed by atoms with Crippen molar-refractivity contribution in [1.82, 2.24) is 0 Å². The highest BCUT2D eigenvalue weighted by atomic mass is 16.3. The fourth-order valence-electron chi connectivity index (χ4n) is 10.1. The Bertz CT molecular complexity index is 3520. The molecule has 0 unspecified atom stereocenters. The predicted molar refractivity (Wildman–Crippen MR) is 265 cm³/mol. The van der Waals surface area contributed by atoms with Crippen molar-refractivity contribution >= 4 is 49.8 Å². The van der Waals surface area contributed by atoms with E-state index in [4.69, 9.17) is 4.42 Å². The molecule has 11 aromatic rings. The molecule has 0 fully saturated rings. The molecular formula is C61H43NO. The highest BCUT2D eigenvalue weighted by molar-refractivity contribution is 6.14. The zero-order chi connectivity index (χ0) is 42.1. The molecule has 1 aromatic heterocycles. The van der Waals surface area contributed by atoms with Gasteiger partial charge in [-0.3, -0.25) is 0 Å².